The van der Waals surface area contributed by atoms with E-state index in [1.54, 1.807) is 31.2 Å². The summed E-state index contributed by atoms with van der Waals surface area (Å²) in [5.74, 6) is 0.242. The van der Waals surface area contributed by atoms with Crippen LogP contribution in [-0.4, -0.2) is 13.4 Å². The molecule has 118 valence electrons. The van der Waals surface area contributed by atoms with E-state index in [-0.39, 0.29) is 10.6 Å². The molecule has 0 amide bonds. The molecule has 2 aromatic carbocycles. The smallest absolute Gasteiger partial charge is 0.339 e. The predicted molar refractivity (Wildman–Crippen MR) is 90.2 cm³/mol. The Hall–Kier alpha value is -2.40. The van der Waals surface area contributed by atoms with Gasteiger partial charge in [0.2, 0.25) is 0 Å². The normalized spacial score (nSPS) is 11.6. The maximum absolute atomic E-state index is 12.6. The minimum atomic E-state index is -3.91. The summed E-state index contributed by atoms with van der Waals surface area (Å²) < 4.78 is 30.6. The molecule has 0 aliphatic carbocycles. The van der Waals surface area contributed by atoms with Crippen molar-refractivity contribution in [1.82, 2.24) is 4.98 Å². The summed E-state index contributed by atoms with van der Waals surface area (Å²) in [5.41, 5.74) is 3.01. The quantitative estimate of drug-likeness (QED) is 0.684. The molecule has 0 N–H and O–H groups in total. The second-order valence-corrected chi connectivity index (χ2v) is 7.10. The number of aryl methyl sites for hydroxylation is 3. The molecule has 3 aromatic rings. The minimum Gasteiger partial charge on any atom is -0.377 e. The average Bonchev–Trinajstić information content (AvgIpc) is 2.47. The minimum absolute atomic E-state index is 0.174. The van der Waals surface area contributed by atoms with Crippen molar-refractivity contribution in [1.29, 1.82) is 0 Å². The number of hydrogen-bond acceptors (Lipinski definition) is 4. The second kappa shape index (κ2) is 5.66. The lowest BCUT2D eigenvalue weighted by molar-refractivity contribution is 0.487. The van der Waals surface area contributed by atoms with Gasteiger partial charge in [-0.2, -0.15) is 8.42 Å². The molecule has 0 atom stereocenters. The van der Waals surface area contributed by atoms with E-state index in [9.17, 15) is 8.42 Å². The third kappa shape index (κ3) is 3.05. The van der Waals surface area contributed by atoms with E-state index in [0.29, 0.717) is 11.1 Å². The van der Waals surface area contributed by atoms with E-state index >= 15 is 0 Å². The molecule has 0 spiro atoms. The van der Waals surface area contributed by atoms with Crippen LogP contribution in [0.25, 0.3) is 10.9 Å². The number of para-hydroxylation sites is 1. The largest absolute Gasteiger partial charge is 0.377 e. The van der Waals surface area contributed by atoms with E-state index in [0.717, 1.165) is 16.6 Å². The van der Waals surface area contributed by atoms with Gasteiger partial charge in [-0.25, -0.2) is 4.98 Å². The van der Waals surface area contributed by atoms with Gasteiger partial charge in [0, 0.05) is 11.1 Å². The number of rotatable bonds is 3. The van der Waals surface area contributed by atoms with Crippen molar-refractivity contribution in [2.24, 2.45) is 0 Å². The summed E-state index contributed by atoms with van der Waals surface area (Å²) in [7, 11) is -3.91. The maximum Gasteiger partial charge on any atom is 0.339 e. The fourth-order valence-corrected chi connectivity index (χ4v) is 3.68. The number of nitrogens with zero attached hydrogens (tertiary/aromatic N) is 1. The van der Waals surface area contributed by atoms with Gasteiger partial charge in [-0.15, -0.1) is 0 Å². The standard InChI is InChI=1S/C18H17NO3S/c1-12-7-10-17(13(2)11-12)23(20,21)22-16-6-4-5-15-9-8-14(3)19-18(15)16/h4-11H,1-3H3. The van der Waals surface area contributed by atoms with Crippen LogP contribution in [0.5, 0.6) is 5.75 Å². The monoisotopic (exact) mass is 327 g/mol. The first-order chi connectivity index (χ1) is 10.9. The highest BCUT2D eigenvalue weighted by Crippen LogP contribution is 2.28. The van der Waals surface area contributed by atoms with Crippen LogP contribution in [0.2, 0.25) is 0 Å². The molecular formula is C18H17NO3S. The molecular weight excluding hydrogens is 310 g/mol. The van der Waals surface area contributed by atoms with Crippen molar-refractivity contribution in [3.8, 4) is 5.75 Å². The van der Waals surface area contributed by atoms with Gasteiger partial charge >= 0.3 is 10.1 Å². The van der Waals surface area contributed by atoms with Gasteiger partial charge in [0.25, 0.3) is 0 Å². The molecule has 4 nitrogen and oxygen atoms in total. The Bertz CT molecular complexity index is 994. The molecule has 1 aromatic heterocycles. The van der Waals surface area contributed by atoms with Gasteiger partial charge in [0.05, 0.1) is 0 Å². The van der Waals surface area contributed by atoms with E-state index < -0.39 is 10.1 Å². The van der Waals surface area contributed by atoms with E-state index in [1.807, 2.05) is 38.1 Å². The van der Waals surface area contributed by atoms with Gasteiger partial charge in [-0.3, -0.25) is 0 Å². The first kappa shape index (κ1) is 15.5. The van der Waals surface area contributed by atoms with Gasteiger partial charge < -0.3 is 4.18 Å². The Labute approximate surface area is 135 Å². The number of hydrogen-bond donors (Lipinski definition) is 0. The summed E-state index contributed by atoms with van der Waals surface area (Å²) in [6.07, 6.45) is 0. The van der Waals surface area contributed by atoms with Crippen molar-refractivity contribution in [2.75, 3.05) is 0 Å². The molecule has 0 bridgehead atoms. The molecule has 0 aliphatic heterocycles. The summed E-state index contributed by atoms with van der Waals surface area (Å²) in [4.78, 5) is 4.57. The van der Waals surface area contributed by atoms with Crippen LogP contribution in [0.15, 0.2) is 53.4 Å². The maximum atomic E-state index is 12.6. The van der Waals surface area contributed by atoms with Crippen LogP contribution in [0.4, 0.5) is 0 Å². The van der Waals surface area contributed by atoms with E-state index in [4.69, 9.17) is 4.18 Å². The van der Waals surface area contributed by atoms with Gasteiger partial charge in [-0.05, 0) is 44.5 Å². The van der Waals surface area contributed by atoms with Crippen molar-refractivity contribution in [3.05, 3.63) is 65.4 Å². The first-order valence-corrected chi connectivity index (χ1v) is 8.66. The first-order valence-electron chi connectivity index (χ1n) is 7.25. The molecule has 5 heteroatoms. The van der Waals surface area contributed by atoms with Crippen LogP contribution in [0, 0.1) is 20.8 Å². The highest BCUT2D eigenvalue weighted by atomic mass is 32.2. The highest BCUT2D eigenvalue weighted by molar-refractivity contribution is 7.87. The Kier molecular flexibility index (Phi) is 3.82. The van der Waals surface area contributed by atoms with Crippen LogP contribution >= 0.6 is 0 Å². The third-order valence-corrected chi connectivity index (χ3v) is 5.02. The molecule has 0 unspecified atom stereocenters. The van der Waals surface area contributed by atoms with Crippen molar-refractivity contribution >= 4 is 21.0 Å². The topological polar surface area (TPSA) is 56.3 Å². The van der Waals surface area contributed by atoms with Crippen LogP contribution in [0.3, 0.4) is 0 Å². The van der Waals surface area contributed by atoms with Crippen molar-refractivity contribution in [3.63, 3.8) is 0 Å². The van der Waals surface area contributed by atoms with Gasteiger partial charge in [0.15, 0.2) is 5.75 Å². The molecule has 23 heavy (non-hydrogen) atoms. The van der Waals surface area contributed by atoms with Crippen molar-refractivity contribution in [2.45, 2.75) is 25.7 Å². The lowest BCUT2D eigenvalue weighted by Gasteiger charge is -2.11. The highest BCUT2D eigenvalue weighted by Gasteiger charge is 2.20. The number of pyridine rings is 1. The fourth-order valence-electron chi connectivity index (χ4n) is 2.53. The molecule has 0 saturated heterocycles. The summed E-state index contributed by atoms with van der Waals surface area (Å²) >= 11 is 0. The van der Waals surface area contributed by atoms with E-state index in [2.05, 4.69) is 4.98 Å². The van der Waals surface area contributed by atoms with E-state index in [1.165, 1.54) is 0 Å². The number of fused-ring (bicyclic) bond motifs is 1. The SMILES string of the molecule is Cc1ccc(S(=O)(=O)Oc2cccc3ccc(C)nc23)c(C)c1. The Morgan fingerprint density at radius 2 is 1.74 bits per heavy atom. The average molecular weight is 327 g/mol. The van der Waals surface area contributed by atoms with Gasteiger partial charge in [-0.1, -0.05) is 35.9 Å². The zero-order valence-corrected chi connectivity index (χ0v) is 14.0. The molecule has 0 radical (unpaired) electrons. The molecule has 0 saturated carbocycles. The summed E-state index contributed by atoms with van der Waals surface area (Å²) in [5, 5.41) is 0.837. The zero-order chi connectivity index (χ0) is 16.6. The Morgan fingerprint density at radius 3 is 2.48 bits per heavy atom. The fraction of sp³-hybridized carbons (Fsp3) is 0.167. The summed E-state index contributed by atoms with van der Waals surface area (Å²) in [6.45, 7) is 5.53. The predicted octanol–water partition coefficient (Wildman–Crippen LogP) is 3.93. The van der Waals surface area contributed by atoms with Crippen LogP contribution in [-0.2, 0) is 10.1 Å². The molecule has 0 aliphatic rings. The lowest BCUT2D eigenvalue weighted by atomic mass is 10.2. The van der Waals surface area contributed by atoms with Gasteiger partial charge in [0.1, 0.15) is 10.4 Å². The van der Waals surface area contributed by atoms with Crippen LogP contribution < -0.4 is 4.18 Å². The Balaban J connectivity index is 2.09. The second-order valence-electron chi connectivity index (χ2n) is 5.59. The number of benzene rings is 2. The molecule has 0 fully saturated rings. The summed E-state index contributed by atoms with van der Waals surface area (Å²) in [6, 6.07) is 14.2. The zero-order valence-electron chi connectivity index (χ0n) is 13.2. The number of aromatic nitrogens is 1. The van der Waals surface area contributed by atoms with Crippen LogP contribution in [0.1, 0.15) is 16.8 Å². The Morgan fingerprint density at radius 1 is 0.957 bits per heavy atom. The lowest BCUT2D eigenvalue weighted by Crippen LogP contribution is -2.12. The van der Waals surface area contributed by atoms with Crippen molar-refractivity contribution < 1.29 is 12.6 Å². The molecule has 3 rings (SSSR count). The third-order valence-electron chi connectivity index (χ3n) is 3.62. The molecule has 1 heterocycles.